The van der Waals surface area contributed by atoms with E-state index < -0.39 is 14.9 Å². The van der Waals surface area contributed by atoms with Gasteiger partial charge in [-0.25, -0.2) is 8.42 Å². The summed E-state index contributed by atoms with van der Waals surface area (Å²) in [5.41, 5.74) is 2.09. The Labute approximate surface area is 139 Å². The molecule has 1 aliphatic heterocycles. The number of sulfonamides is 1. The van der Waals surface area contributed by atoms with E-state index in [9.17, 15) is 23.6 Å². The maximum absolute atomic E-state index is 12.7. The number of phenolic OH excluding ortho intramolecular Hbond substituents is 1. The zero-order chi connectivity index (χ0) is 17.5. The van der Waals surface area contributed by atoms with Gasteiger partial charge in [-0.05, 0) is 36.6 Å². The highest BCUT2D eigenvalue weighted by Crippen LogP contribution is 2.32. The Morgan fingerprint density at radius 1 is 1.17 bits per heavy atom. The van der Waals surface area contributed by atoms with Gasteiger partial charge in [0.2, 0.25) is 10.0 Å². The topological polar surface area (TPSA) is 101 Å². The lowest BCUT2D eigenvalue weighted by molar-refractivity contribution is -0.384. The number of hydrogen-bond donors (Lipinski definition) is 1. The number of fused-ring (bicyclic) bond motifs is 1. The predicted molar refractivity (Wildman–Crippen MR) is 87.2 cm³/mol. The number of benzene rings is 2. The maximum atomic E-state index is 12.7. The minimum atomic E-state index is -3.78. The third kappa shape index (κ3) is 2.74. The Hall–Kier alpha value is -2.45. The SMILES string of the molecule is Cc1ccc2c(c1O)CN(S(=O)(=O)c1ccc([N+](=O)[O-])cc1)CC2. The molecule has 1 heterocycles. The number of non-ortho nitro benzene ring substituents is 1. The first kappa shape index (κ1) is 16.4. The van der Waals surface area contributed by atoms with Crippen molar-refractivity contribution < 1.29 is 18.4 Å². The van der Waals surface area contributed by atoms with Crippen molar-refractivity contribution in [1.82, 2.24) is 4.31 Å². The van der Waals surface area contributed by atoms with Gasteiger partial charge in [-0.15, -0.1) is 0 Å². The Kier molecular flexibility index (Phi) is 4.02. The second-order valence-electron chi connectivity index (χ2n) is 5.71. The first-order chi connectivity index (χ1) is 11.3. The fourth-order valence-electron chi connectivity index (χ4n) is 2.80. The summed E-state index contributed by atoms with van der Waals surface area (Å²) in [4.78, 5) is 10.1. The monoisotopic (exact) mass is 348 g/mol. The molecule has 2 aromatic carbocycles. The number of nitrogens with zero attached hydrogens (tertiary/aromatic N) is 2. The van der Waals surface area contributed by atoms with E-state index in [-0.39, 0.29) is 22.9 Å². The highest BCUT2D eigenvalue weighted by molar-refractivity contribution is 7.89. The van der Waals surface area contributed by atoms with Crippen molar-refractivity contribution in [2.75, 3.05) is 6.54 Å². The van der Waals surface area contributed by atoms with E-state index >= 15 is 0 Å². The molecule has 7 nitrogen and oxygen atoms in total. The molecular formula is C16H16N2O5S. The first-order valence-corrected chi connectivity index (χ1v) is 8.79. The third-order valence-electron chi connectivity index (χ3n) is 4.23. The minimum absolute atomic E-state index is 0.00342. The van der Waals surface area contributed by atoms with Crippen LogP contribution in [0.5, 0.6) is 5.75 Å². The molecule has 0 radical (unpaired) electrons. The molecule has 0 saturated carbocycles. The van der Waals surface area contributed by atoms with Crippen molar-refractivity contribution in [1.29, 1.82) is 0 Å². The summed E-state index contributed by atoms with van der Waals surface area (Å²) in [6.45, 7) is 2.15. The normalized spacial score (nSPS) is 15.0. The van der Waals surface area contributed by atoms with Crippen molar-refractivity contribution in [3.63, 3.8) is 0 Å². The maximum Gasteiger partial charge on any atom is 0.269 e. The van der Waals surface area contributed by atoms with Crippen LogP contribution in [0.25, 0.3) is 0 Å². The summed E-state index contributed by atoms with van der Waals surface area (Å²) in [6, 6.07) is 8.53. The number of aryl methyl sites for hydroxylation is 1. The smallest absolute Gasteiger partial charge is 0.269 e. The summed E-state index contributed by atoms with van der Waals surface area (Å²) in [6.07, 6.45) is 0.509. The van der Waals surface area contributed by atoms with Gasteiger partial charge < -0.3 is 5.11 Å². The first-order valence-electron chi connectivity index (χ1n) is 7.35. The van der Waals surface area contributed by atoms with Crippen LogP contribution in [-0.4, -0.2) is 29.3 Å². The molecule has 0 fully saturated rings. The van der Waals surface area contributed by atoms with Gasteiger partial charge in [-0.2, -0.15) is 4.31 Å². The van der Waals surface area contributed by atoms with E-state index in [2.05, 4.69) is 0 Å². The van der Waals surface area contributed by atoms with Gasteiger partial charge in [0.05, 0.1) is 9.82 Å². The molecule has 0 unspecified atom stereocenters. The van der Waals surface area contributed by atoms with E-state index in [0.29, 0.717) is 24.1 Å². The fourth-order valence-corrected chi connectivity index (χ4v) is 4.21. The molecule has 24 heavy (non-hydrogen) atoms. The minimum Gasteiger partial charge on any atom is -0.507 e. The quantitative estimate of drug-likeness (QED) is 0.678. The average molecular weight is 348 g/mol. The zero-order valence-corrected chi connectivity index (χ0v) is 13.8. The number of nitro benzene ring substituents is 1. The molecule has 3 rings (SSSR count). The number of aromatic hydroxyl groups is 1. The van der Waals surface area contributed by atoms with Crippen LogP contribution >= 0.6 is 0 Å². The molecule has 8 heteroatoms. The second kappa shape index (κ2) is 5.88. The number of hydrogen-bond acceptors (Lipinski definition) is 5. The molecule has 126 valence electrons. The molecule has 0 bridgehead atoms. The van der Waals surface area contributed by atoms with E-state index in [0.717, 1.165) is 5.56 Å². The molecule has 2 aromatic rings. The fraction of sp³-hybridized carbons (Fsp3) is 0.250. The standard InChI is InChI=1S/C16H16N2O5S/c1-11-2-3-12-8-9-17(10-15(12)16(11)19)24(22,23)14-6-4-13(5-7-14)18(20)21/h2-7,19H,8-10H2,1H3. The Bertz CT molecular complexity index is 907. The summed E-state index contributed by atoms with van der Waals surface area (Å²) in [5, 5.41) is 20.9. The van der Waals surface area contributed by atoms with Crippen LogP contribution in [0.3, 0.4) is 0 Å². The predicted octanol–water partition coefficient (Wildman–Crippen LogP) is 2.36. The van der Waals surface area contributed by atoms with Gasteiger partial charge in [0.1, 0.15) is 5.75 Å². The van der Waals surface area contributed by atoms with Crippen LogP contribution in [0.2, 0.25) is 0 Å². The average Bonchev–Trinajstić information content (AvgIpc) is 2.58. The van der Waals surface area contributed by atoms with Crippen LogP contribution in [-0.2, 0) is 23.0 Å². The molecule has 1 N–H and O–H groups in total. The molecule has 1 aliphatic rings. The molecule has 0 saturated heterocycles. The van der Waals surface area contributed by atoms with Crippen molar-refractivity contribution in [3.05, 3.63) is 63.2 Å². The van der Waals surface area contributed by atoms with Crippen molar-refractivity contribution in [2.24, 2.45) is 0 Å². The van der Waals surface area contributed by atoms with E-state index in [4.69, 9.17) is 0 Å². The van der Waals surface area contributed by atoms with Gasteiger partial charge in [-0.3, -0.25) is 10.1 Å². The summed E-state index contributed by atoms with van der Waals surface area (Å²) < 4.78 is 26.8. The number of nitro groups is 1. The summed E-state index contributed by atoms with van der Waals surface area (Å²) in [5.74, 6) is 0.121. The highest BCUT2D eigenvalue weighted by atomic mass is 32.2. The van der Waals surface area contributed by atoms with Crippen LogP contribution in [0.15, 0.2) is 41.3 Å². The highest BCUT2D eigenvalue weighted by Gasteiger charge is 2.30. The van der Waals surface area contributed by atoms with Crippen LogP contribution in [0, 0.1) is 17.0 Å². The molecule has 0 aliphatic carbocycles. The van der Waals surface area contributed by atoms with Crippen LogP contribution in [0.4, 0.5) is 5.69 Å². The Morgan fingerprint density at radius 2 is 1.83 bits per heavy atom. The lowest BCUT2D eigenvalue weighted by atomic mass is 9.98. The van der Waals surface area contributed by atoms with Gasteiger partial charge >= 0.3 is 0 Å². The van der Waals surface area contributed by atoms with E-state index in [1.807, 2.05) is 12.1 Å². The number of phenols is 1. The molecule has 0 aromatic heterocycles. The van der Waals surface area contributed by atoms with Crippen molar-refractivity contribution in [2.45, 2.75) is 24.8 Å². The van der Waals surface area contributed by atoms with Crippen molar-refractivity contribution >= 4 is 15.7 Å². The van der Waals surface area contributed by atoms with Crippen LogP contribution < -0.4 is 0 Å². The lowest BCUT2D eigenvalue weighted by Crippen LogP contribution is -2.36. The largest absolute Gasteiger partial charge is 0.507 e. The van der Waals surface area contributed by atoms with Gasteiger partial charge in [-0.1, -0.05) is 12.1 Å². The third-order valence-corrected chi connectivity index (χ3v) is 6.09. The molecular weight excluding hydrogens is 332 g/mol. The zero-order valence-electron chi connectivity index (χ0n) is 13.0. The van der Waals surface area contributed by atoms with Crippen LogP contribution in [0.1, 0.15) is 16.7 Å². The molecule has 0 atom stereocenters. The Balaban J connectivity index is 1.93. The lowest BCUT2D eigenvalue weighted by Gasteiger charge is -2.29. The van der Waals surface area contributed by atoms with Gasteiger partial charge in [0, 0.05) is 30.8 Å². The van der Waals surface area contributed by atoms with E-state index in [1.165, 1.54) is 28.6 Å². The molecule has 0 spiro atoms. The van der Waals surface area contributed by atoms with Gasteiger partial charge in [0.15, 0.2) is 0 Å². The molecule has 0 amide bonds. The summed E-state index contributed by atoms with van der Waals surface area (Å²) in [7, 11) is -3.78. The van der Waals surface area contributed by atoms with E-state index in [1.54, 1.807) is 6.92 Å². The second-order valence-corrected chi connectivity index (χ2v) is 7.65. The Morgan fingerprint density at radius 3 is 2.46 bits per heavy atom. The summed E-state index contributed by atoms with van der Waals surface area (Å²) >= 11 is 0. The number of rotatable bonds is 3. The van der Waals surface area contributed by atoms with Crippen molar-refractivity contribution in [3.8, 4) is 5.75 Å². The van der Waals surface area contributed by atoms with Gasteiger partial charge in [0.25, 0.3) is 5.69 Å².